The molecular formula is C12H20N6O2. The third kappa shape index (κ3) is 3.46. The lowest BCUT2D eigenvalue weighted by molar-refractivity contribution is -0.132. The molecule has 8 nitrogen and oxygen atoms in total. The fourth-order valence-electron chi connectivity index (χ4n) is 2.15. The number of aromatic nitrogens is 3. The highest BCUT2D eigenvalue weighted by molar-refractivity contribution is 5.77. The molecule has 0 N–H and O–H groups in total. The van der Waals surface area contributed by atoms with E-state index in [1.54, 1.807) is 39.8 Å². The highest BCUT2D eigenvalue weighted by Crippen LogP contribution is 2.06. The van der Waals surface area contributed by atoms with Gasteiger partial charge in [-0.05, 0) is 0 Å². The van der Waals surface area contributed by atoms with Gasteiger partial charge in [0, 0.05) is 46.7 Å². The maximum absolute atomic E-state index is 12.1. The lowest BCUT2D eigenvalue weighted by Gasteiger charge is -2.36. The summed E-state index contributed by atoms with van der Waals surface area (Å²) in [6, 6.07) is -0.000264. The summed E-state index contributed by atoms with van der Waals surface area (Å²) in [4.78, 5) is 32.8. The van der Waals surface area contributed by atoms with Crippen LogP contribution in [0.5, 0.6) is 0 Å². The van der Waals surface area contributed by atoms with Gasteiger partial charge in [0.2, 0.25) is 5.91 Å². The lowest BCUT2D eigenvalue weighted by atomic mass is 10.3. The fraction of sp³-hybridized carbons (Fsp3) is 0.667. The van der Waals surface area contributed by atoms with Crippen LogP contribution in [-0.4, -0.2) is 81.7 Å². The van der Waals surface area contributed by atoms with E-state index >= 15 is 0 Å². The normalized spacial score (nSPS) is 15.3. The molecule has 0 aromatic carbocycles. The smallest absolute Gasteiger partial charge is 0.319 e. The van der Waals surface area contributed by atoms with Gasteiger partial charge >= 0.3 is 6.03 Å². The van der Waals surface area contributed by atoms with E-state index < -0.39 is 0 Å². The monoisotopic (exact) mass is 280 g/mol. The molecule has 0 aliphatic carbocycles. The first-order valence-electron chi connectivity index (χ1n) is 6.64. The molecule has 1 aliphatic rings. The van der Waals surface area contributed by atoms with Crippen molar-refractivity contribution in [2.75, 3.05) is 40.3 Å². The second-order valence-corrected chi connectivity index (χ2v) is 4.95. The van der Waals surface area contributed by atoms with Crippen LogP contribution < -0.4 is 0 Å². The number of carbonyl (C=O) groups is 2. The molecule has 0 radical (unpaired) electrons. The van der Waals surface area contributed by atoms with Gasteiger partial charge in [0.1, 0.15) is 12.7 Å². The van der Waals surface area contributed by atoms with Gasteiger partial charge in [-0.3, -0.25) is 9.48 Å². The molecule has 2 rings (SSSR count). The number of piperazine rings is 1. The molecule has 110 valence electrons. The second kappa shape index (κ2) is 6.36. The van der Waals surface area contributed by atoms with E-state index in [-0.39, 0.29) is 11.9 Å². The quantitative estimate of drug-likeness (QED) is 0.747. The van der Waals surface area contributed by atoms with Gasteiger partial charge in [0.05, 0.1) is 6.54 Å². The van der Waals surface area contributed by atoms with Crippen LogP contribution in [0.3, 0.4) is 0 Å². The number of rotatable bonds is 3. The van der Waals surface area contributed by atoms with Gasteiger partial charge in [-0.25, -0.2) is 9.78 Å². The van der Waals surface area contributed by atoms with Crippen LogP contribution in [0.1, 0.15) is 6.42 Å². The predicted octanol–water partition coefficient (Wildman–Crippen LogP) is -0.506. The second-order valence-electron chi connectivity index (χ2n) is 4.95. The van der Waals surface area contributed by atoms with Crippen molar-refractivity contribution >= 4 is 11.9 Å². The molecule has 0 atom stereocenters. The van der Waals surface area contributed by atoms with Gasteiger partial charge < -0.3 is 14.7 Å². The van der Waals surface area contributed by atoms with E-state index in [1.165, 1.54) is 6.33 Å². The third-order valence-electron chi connectivity index (χ3n) is 3.31. The topological polar surface area (TPSA) is 74.6 Å². The minimum Gasteiger partial charge on any atom is -0.339 e. The molecule has 8 heteroatoms. The number of nitrogens with zero attached hydrogens (tertiary/aromatic N) is 6. The van der Waals surface area contributed by atoms with Crippen LogP contribution in [0.4, 0.5) is 4.79 Å². The Labute approximate surface area is 118 Å². The summed E-state index contributed by atoms with van der Waals surface area (Å²) < 4.78 is 1.64. The summed E-state index contributed by atoms with van der Waals surface area (Å²) in [7, 11) is 3.47. The van der Waals surface area contributed by atoms with Crippen molar-refractivity contribution in [3.63, 3.8) is 0 Å². The van der Waals surface area contributed by atoms with E-state index in [0.29, 0.717) is 39.1 Å². The molecule has 1 fully saturated rings. The van der Waals surface area contributed by atoms with Crippen LogP contribution in [0.2, 0.25) is 0 Å². The standard InChI is InChI=1S/C12H20N6O2/c1-15(2)12(20)17-7-5-16(6-8-17)11(19)3-4-18-10-13-9-14-18/h9-10H,3-8H2,1-2H3. The Morgan fingerprint density at radius 3 is 2.35 bits per heavy atom. The van der Waals surface area contributed by atoms with Crippen LogP contribution in [0, 0.1) is 0 Å². The van der Waals surface area contributed by atoms with Crippen LogP contribution in [-0.2, 0) is 11.3 Å². The number of hydrogen-bond donors (Lipinski definition) is 0. The fourth-order valence-corrected chi connectivity index (χ4v) is 2.15. The molecule has 0 spiro atoms. The van der Waals surface area contributed by atoms with Crippen LogP contribution in [0.15, 0.2) is 12.7 Å². The summed E-state index contributed by atoms with van der Waals surface area (Å²) in [5.41, 5.74) is 0. The van der Waals surface area contributed by atoms with E-state index in [2.05, 4.69) is 10.1 Å². The predicted molar refractivity (Wildman–Crippen MR) is 71.9 cm³/mol. The highest BCUT2D eigenvalue weighted by Gasteiger charge is 2.24. The number of urea groups is 1. The van der Waals surface area contributed by atoms with Crippen molar-refractivity contribution in [3.8, 4) is 0 Å². The molecule has 1 aromatic rings. The Morgan fingerprint density at radius 2 is 1.80 bits per heavy atom. The zero-order valence-corrected chi connectivity index (χ0v) is 11.9. The van der Waals surface area contributed by atoms with Crippen molar-refractivity contribution in [1.29, 1.82) is 0 Å². The Balaban J connectivity index is 1.75. The van der Waals surface area contributed by atoms with E-state index in [1.807, 2.05) is 0 Å². The number of amides is 3. The maximum atomic E-state index is 12.1. The average molecular weight is 280 g/mol. The molecule has 0 bridgehead atoms. The van der Waals surface area contributed by atoms with Crippen LogP contribution >= 0.6 is 0 Å². The van der Waals surface area contributed by atoms with E-state index in [4.69, 9.17) is 0 Å². The zero-order valence-electron chi connectivity index (χ0n) is 11.9. The minimum atomic E-state index is -0.000264. The Hall–Kier alpha value is -2.12. The first-order chi connectivity index (χ1) is 9.58. The SMILES string of the molecule is CN(C)C(=O)N1CCN(C(=O)CCn2cncn2)CC1. The summed E-state index contributed by atoms with van der Waals surface area (Å²) in [6.07, 6.45) is 3.46. The number of carbonyl (C=O) groups excluding carboxylic acids is 2. The third-order valence-corrected chi connectivity index (χ3v) is 3.31. The summed E-state index contributed by atoms with van der Waals surface area (Å²) >= 11 is 0. The molecule has 1 saturated heterocycles. The first kappa shape index (κ1) is 14.3. The van der Waals surface area contributed by atoms with Crippen molar-refractivity contribution in [1.82, 2.24) is 29.5 Å². The minimum absolute atomic E-state index is 0.000264. The zero-order chi connectivity index (χ0) is 14.5. The molecule has 1 aromatic heterocycles. The van der Waals surface area contributed by atoms with Crippen LogP contribution in [0.25, 0.3) is 0 Å². The summed E-state index contributed by atoms with van der Waals surface area (Å²) in [5, 5.41) is 3.96. The highest BCUT2D eigenvalue weighted by atomic mass is 16.2. The molecule has 0 unspecified atom stereocenters. The molecule has 3 amide bonds. The van der Waals surface area contributed by atoms with Crippen molar-refractivity contribution in [3.05, 3.63) is 12.7 Å². The van der Waals surface area contributed by atoms with Gasteiger partial charge in [0.25, 0.3) is 0 Å². The molecule has 0 saturated carbocycles. The summed E-state index contributed by atoms with van der Waals surface area (Å²) in [6.45, 7) is 2.90. The first-order valence-corrected chi connectivity index (χ1v) is 6.64. The van der Waals surface area contributed by atoms with Gasteiger partial charge in [-0.2, -0.15) is 5.10 Å². The van der Waals surface area contributed by atoms with E-state index in [9.17, 15) is 9.59 Å². The Bertz CT molecular complexity index is 451. The van der Waals surface area contributed by atoms with Crippen molar-refractivity contribution in [2.45, 2.75) is 13.0 Å². The van der Waals surface area contributed by atoms with Gasteiger partial charge in [-0.15, -0.1) is 0 Å². The van der Waals surface area contributed by atoms with Gasteiger partial charge in [-0.1, -0.05) is 0 Å². The Morgan fingerprint density at radius 1 is 1.15 bits per heavy atom. The molecule has 1 aliphatic heterocycles. The lowest BCUT2D eigenvalue weighted by Crippen LogP contribution is -2.52. The van der Waals surface area contributed by atoms with Crippen molar-refractivity contribution < 1.29 is 9.59 Å². The largest absolute Gasteiger partial charge is 0.339 e. The van der Waals surface area contributed by atoms with E-state index in [0.717, 1.165) is 0 Å². The number of hydrogen-bond acceptors (Lipinski definition) is 4. The average Bonchev–Trinajstić information content (AvgIpc) is 2.97. The maximum Gasteiger partial charge on any atom is 0.319 e. The molecule has 2 heterocycles. The Kier molecular flexibility index (Phi) is 4.54. The van der Waals surface area contributed by atoms with Crippen molar-refractivity contribution in [2.24, 2.45) is 0 Å². The summed E-state index contributed by atoms with van der Waals surface area (Å²) in [5.74, 6) is 0.0949. The van der Waals surface area contributed by atoms with Gasteiger partial charge in [0.15, 0.2) is 0 Å². The number of aryl methyl sites for hydroxylation is 1. The molecule has 20 heavy (non-hydrogen) atoms. The molecular weight excluding hydrogens is 260 g/mol.